The maximum absolute atomic E-state index is 5.82. The number of benzene rings is 1. The molecule has 1 aromatic heterocycles. The number of nitrogens with one attached hydrogen (secondary N) is 1. The molecule has 98 valence electrons. The second-order valence-electron chi connectivity index (χ2n) is 4.86. The zero-order valence-corrected chi connectivity index (χ0v) is 11.6. The van der Waals surface area contributed by atoms with E-state index in [1.807, 2.05) is 45.2 Å². The second kappa shape index (κ2) is 5.14. The highest BCUT2D eigenvalue weighted by Crippen LogP contribution is 2.23. The highest BCUT2D eigenvalue weighted by molar-refractivity contribution is 5.78. The van der Waals surface area contributed by atoms with Crippen LogP contribution < -0.4 is 11.1 Å². The monoisotopic (exact) mass is 253 g/mol. The maximum atomic E-state index is 5.82. The summed E-state index contributed by atoms with van der Waals surface area (Å²) in [6, 6.07) is 7.90. The summed E-state index contributed by atoms with van der Waals surface area (Å²) < 4.78 is 0. The molecule has 3 heteroatoms. The normalized spacial score (nSPS) is 10.3. The van der Waals surface area contributed by atoms with Crippen molar-refractivity contribution < 1.29 is 0 Å². The molecule has 2 rings (SSSR count). The zero-order chi connectivity index (χ0) is 14.0. The van der Waals surface area contributed by atoms with Crippen LogP contribution in [0.5, 0.6) is 0 Å². The number of pyridine rings is 1. The predicted octanol–water partition coefficient (Wildman–Crippen LogP) is 3.67. The van der Waals surface area contributed by atoms with Crippen LogP contribution >= 0.6 is 0 Å². The van der Waals surface area contributed by atoms with E-state index >= 15 is 0 Å². The molecule has 0 saturated heterocycles. The van der Waals surface area contributed by atoms with Gasteiger partial charge in [-0.1, -0.05) is 18.7 Å². The fraction of sp³-hybridized carbons (Fsp3) is 0.188. The molecule has 0 spiro atoms. The zero-order valence-electron chi connectivity index (χ0n) is 11.6. The number of nitrogen functional groups attached to an aromatic ring is 1. The molecule has 0 bridgehead atoms. The molecule has 0 radical (unpaired) electrons. The summed E-state index contributed by atoms with van der Waals surface area (Å²) in [5.74, 6) is 0.831. The molecular weight excluding hydrogens is 234 g/mol. The molecular formula is C16H19N3. The van der Waals surface area contributed by atoms with Gasteiger partial charge < -0.3 is 11.1 Å². The van der Waals surface area contributed by atoms with Crippen molar-refractivity contribution >= 4 is 17.2 Å². The van der Waals surface area contributed by atoms with Crippen LogP contribution in [-0.4, -0.2) is 4.98 Å². The number of nitrogens with two attached hydrogens (primary N) is 1. The van der Waals surface area contributed by atoms with Crippen LogP contribution in [-0.2, 0) is 0 Å². The van der Waals surface area contributed by atoms with Gasteiger partial charge >= 0.3 is 0 Å². The van der Waals surface area contributed by atoms with E-state index in [1.54, 1.807) is 0 Å². The highest BCUT2D eigenvalue weighted by Gasteiger charge is 2.06. The Morgan fingerprint density at radius 3 is 2.58 bits per heavy atom. The molecule has 2 aromatic rings. The number of anilines is 2. The minimum atomic E-state index is 0.733. The predicted molar refractivity (Wildman–Crippen MR) is 82.0 cm³/mol. The number of aromatic nitrogens is 1. The molecule has 19 heavy (non-hydrogen) atoms. The smallest absolute Gasteiger partial charge is 0.133 e. The van der Waals surface area contributed by atoms with Crippen molar-refractivity contribution in [3.05, 3.63) is 59.3 Å². The number of aryl methyl sites for hydroxylation is 3. The third kappa shape index (κ3) is 2.94. The molecule has 0 unspecified atom stereocenters. The molecule has 0 aliphatic rings. The second-order valence-corrected chi connectivity index (χ2v) is 4.86. The SMILES string of the molecule is C=C(Nc1ncc(C)cc1C)c1cc(N)ccc1C. The molecule has 0 atom stereocenters. The summed E-state index contributed by atoms with van der Waals surface area (Å²) in [7, 11) is 0. The van der Waals surface area contributed by atoms with Gasteiger partial charge in [0, 0.05) is 23.1 Å². The summed E-state index contributed by atoms with van der Waals surface area (Å²) in [5, 5.41) is 3.26. The molecule has 3 nitrogen and oxygen atoms in total. The van der Waals surface area contributed by atoms with Gasteiger partial charge in [-0.15, -0.1) is 0 Å². The summed E-state index contributed by atoms with van der Waals surface area (Å²) >= 11 is 0. The van der Waals surface area contributed by atoms with Crippen LogP contribution in [0, 0.1) is 20.8 Å². The fourth-order valence-electron chi connectivity index (χ4n) is 2.02. The van der Waals surface area contributed by atoms with E-state index in [4.69, 9.17) is 5.73 Å². The van der Waals surface area contributed by atoms with Crippen LogP contribution in [0.2, 0.25) is 0 Å². The Hall–Kier alpha value is -2.29. The lowest BCUT2D eigenvalue weighted by Crippen LogP contribution is -2.03. The van der Waals surface area contributed by atoms with Crippen LogP contribution in [0.1, 0.15) is 22.3 Å². The van der Waals surface area contributed by atoms with Crippen LogP contribution in [0.15, 0.2) is 37.0 Å². The molecule has 0 aliphatic carbocycles. The number of hydrogen-bond donors (Lipinski definition) is 2. The summed E-state index contributed by atoms with van der Waals surface area (Å²) in [4.78, 5) is 4.39. The lowest BCUT2D eigenvalue weighted by Gasteiger charge is -2.14. The molecule has 0 saturated carbocycles. The Balaban J connectivity index is 2.28. The third-order valence-corrected chi connectivity index (χ3v) is 3.07. The van der Waals surface area contributed by atoms with Crippen molar-refractivity contribution in [2.45, 2.75) is 20.8 Å². The Labute approximate surface area is 114 Å². The molecule has 3 N–H and O–H groups in total. The van der Waals surface area contributed by atoms with Gasteiger partial charge in [0.2, 0.25) is 0 Å². The third-order valence-electron chi connectivity index (χ3n) is 3.07. The number of nitrogens with zero attached hydrogens (tertiary/aromatic N) is 1. The largest absolute Gasteiger partial charge is 0.399 e. The van der Waals surface area contributed by atoms with E-state index in [1.165, 1.54) is 0 Å². The topological polar surface area (TPSA) is 50.9 Å². The molecule has 0 aliphatic heterocycles. The Kier molecular flexibility index (Phi) is 3.56. The first-order chi connectivity index (χ1) is 8.97. The van der Waals surface area contributed by atoms with Gasteiger partial charge in [-0.2, -0.15) is 0 Å². The van der Waals surface area contributed by atoms with Gasteiger partial charge in [0.05, 0.1) is 0 Å². The van der Waals surface area contributed by atoms with Crippen molar-refractivity contribution in [2.75, 3.05) is 11.1 Å². The van der Waals surface area contributed by atoms with E-state index in [9.17, 15) is 0 Å². The van der Waals surface area contributed by atoms with E-state index in [-0.39, 0.29) is 0 Å². The number of rotatable bonds is 3. The van der Waals surface area contributed by atoms with Crippen LogP contribution in [0.4, 0.5) is 11.5 Å². The van der Waals surface area contributed by atoms with Gasteiger partial charge in [-0.3, -0.25) is 0 Å². The highest BCUT2D eigenvalue weighted by atomic mass is 15.0. The summed E-state index contributed by atoms with van der Waals surface area (Å²) in [6.45, 7) is 10.2. The minimum absolute atomic E-state index is 0.733. The van der Waals surface area contributed by atoms with Gasteiger partial charge in [0.25, 0.3) is 0 Å². The van der Waals surface area contributed by atoms with Crippen molar-refractivity contribution in [3.63, 3.8) is 0 Å². The average molecular weight is 253 g/mol. The Morgan fingerprint density at radius 1 is 1.16 bits per heavy atom. The fourth-order valence-corrected chi connectivity index (χ4v) is 2.02. The van der Waals surface area contributed by atoms with Gasteiger partial charge in [-0.25, -0.2) is 4.98 Å². The Bertz CT molecular complexity index is 630. The van der Waals surface area contributed by atoms with E-state index < -0.39 is 0 Å². The first kappa shape index (κ1) is 13.1. The van der Waals surface area contributed by atoms with Crippen molar-refractivity contribution in [3.8, 4) is 0 Å². The molecule has 0 fully saturated rings. The standard InChI is InChI=1S/C16H19N3/c1-10-7-12(3)16(18-9-10)19-13(4)15-8-14(17)6-5-11(15)2/h5-9H,4,17H2,1-3H3,(H,18,19). The lowest BCUT2D eigenvalue weighted by molar-refractivity contribution is 1.21. The first-order valence-electron chi connectivity index (χ1n) is 6.23. The first-order valence-corrected chi connectivity index (χ1v) is 6.23. The van der Waals surface area contributed by atoms with E-state index in [0.29, 0.717) is 0 Å². The van der Waals surface area contributed by atoms with Crippen molar-refractivity contribution in [2.24, 2.45) is 0 Å². The summed E-state index contributed by atoms with van der Waals surface area (Å²) in [5.41, 5.74) is 11.8. The van der Waals surface area contributed by atoms with Crippen molar-refractivity contribution in [1.82, 2.24) is 4.98 Å². The average Bonchev–Trinajstić information content (AvgIpc) is 2.35. The number of hydrogen-bond acceptors (Lipinski definition) is 3. The van der Waals surface area contributed by atoms with Crippen LogP contribution in [0.3, 0.4) is 0 Å². The van der Waals surface area contributed by atoms with E-state index in [0.717, 1.165) is 39.5 Å². The molecule has 0 amide bonds. The molecule has 1 aromatic carbocycles. The molecule has 1 heterocycles. The Morgan fingerprint density at radius 2 is 1.89 bits per heavy atom. The minimum Gasteiger partial charge on any atom is -0.399 e. The van der Waals surface area contributed by atoms with Gasteiger partial charge in [0.15, 0.2) is 0 Å². The summed E-state index contributed by atoms with van der Waals surface area (Å²) in [6.07, 6.45) is 1.84. The van der Waals surface area contributed by atoms with E-state index in [2.05, 4.69) is 22.9 Å². The van der Waals surface area contributed by atoms with Gasteiger partial charge in [0.1, 0.15) is 5.82 Å². The quantitative estimate of drug-likeness (QED) is 0.820. The van der Waals surface area contributed by atoms with Crippen molar-refractivity contribution in [1.29, 1.82) is 0 Å². The maximum Gasteiger partial charge on any atom is 0.133 e. The lowest BCUT2D eigenvalue weighted by atomic mass is 10.1. The van der Waals surface area contributed by atoms with Crippen LogP contribution in [0.25, 0.3) is 5.70 Å². The van der Waals surface area contributed by atoms with Gasteiger partial charge in [-0.05, 0) is 49.6 Å².